The van der Waals surface area contributed by atoms with Crippen molar-refractivity contribution in [1.29, 1.82) is 0 Å². The van der Waals surface area contributed by atoms with E-state index in [9.17, 15) is 0 Å². The van der Waals surface area contributed by atoms with Crippen LogP contribution in [0.15, 0.2) is 65.3 Å². The maximum absolute atomic E-state index is 6.05. The van der Waals surface area contributed by atoms with Crippen LogP contribution in [-0.4, -0.2) is 21.7 Å². The van der Waals surface area contributed by atoms with Crippen molar-refractivity contribution < 1.29 is 4.74 Å². The topological polar surface area (TPSA) is 39.4 Å². The highest BCUT2D eigenvalue weighted by atomic mass is 79.9. The minimum absolute atomic E-state index is 0.404. The van der Waals surface area contributed by atoms with Crippen LogP contribution in [0.5, 0.6) is 0 Å². The Labute approximate surface area is 164 Å². The Morgan fingerprint density at radius 2 is 1.69 bits per heavy atom. The van der Waals surface area contributed by atoms with Gasteiger partial charge in [0.05, 0.1) is 23.6 Å². The molecule has 4 rings (SSSR count). The maximum atomic E-state index is 6.05. The minimum Gasteiger partial charge on any atom is -0.378 e. The summed E-state index contributed by atoms with van der Waals surface area (Å²) in [6, 6.07) is 17.8. The third-order valence-corrected chi connectivity index (χ3v) is 4.93. The van der Waals surface area contributed by atoms with Crippen LogP contribution in [-0.2, 0) is 11.3 Å². The summed E-state index contributed by atoms with van der Waals surface area (Å²) in [6.45, 7) is 0.404. The van der Waals surface area contributed by atoms with Gasteiger partial charge in [0, 0.05) is 28.4 Å². The van der Waals surface area contributed by atoms with Crippen molar-refractivity contribution in [1.82, 2.24) is 14.6 Å². The van der Waals surface area contributed by atoms with Gasteiger partial charge in [-0.3, -0.25) is 0 Å². The molecule has 0 atom stereocenters. The predicted molar refractivity (Wildman–Crippen MR) is 107 cm³/mol. The Morgan fingerprint density at radius 3 is 2.38 bits per heavy atom. The van der Waals surface area contributed by atoms with Gasteiger partial charge in [0.1, 0.15) is 0 Å². The first-order valence-corrected chi connectivity index (χ1v) is 9.22. The van der Waals surface area contributed by atoms with Gasteiger partial charge in [-0.05, 0) is 35.9 Å². The molecule has 130 valence electrons. The van der Waals surface area contributed by atoms with Gasteiger partial charge in [-0.15, -0.1) is 0 Å². The van der Waals surface area contributed by atoms with Crippen molar-refractivity contribution in [3.8, 4) is 22.4 Å². The Balaban J connectivity index is 1.96. The van der Waals surface area contributed by atoms with E-state index < -0.39 is 0 Å². The van der Waals surface area contributed by atoms with E-state index in [1.807, 2.05) is 53.2 Å². The van der Waals surface area contributed by atoms with E-state index in [0.29, 0.717) is 11.6 Å². The summed E-state index contributed by atoms with van der Waals surface area (Å²) in [5.41, 5.74) is 5.64. The highest BCUT2D eigenvalue weighted by Gasteiger charge is 2.18. The molecule has 0 amide bonds. The Kier molecular flexibility index (Phi) is 4.76. The van der Waals surface area contributed by atoms with E-state index in [0.717, 1.165) is 38.2 Å². The number of benzene rings is 2. The molecule has 0 unspecified atom stereocenters. The lowest BCUT2D eigenvalue weighted by Crippen LogP contribution is -1.96. The first-order chi connectivity index (χ1) is 12.7. The van der Waals surface area contributed by atoms with Crippen molar-refractivity contribution >= 4 is 33.2 Å². The standard InChI is InChI=1S/C20H15BrClN3O/c1-26-12-17-19(14-4-8-16(22)9-5-14)20-23-11-10-18(25(20)24-17)13-2-6-15(21)7-3-13/h2-11H,12H2,1H3. The van der Waals surface area contributed by atoms with Gasteiger partial charge >= 0.3 is 0 Å². The molecular formula is C20H15BrClN3O. The lowest BCUT2D eigenvalue weighted by molar-refractivity contribution is 0.181. The zero-order valence-electron chi connectivity index (χ0n) is 14.0. The molecule has 0 spiro atoms. The van der Waals surface area contributed by atoms with Crippen LogP contribution in [0.2, 0.25) is 5.02 Å². The second kappa shape index (κ2) is 7.19. The monoisotopic (exact) mass is 427 g/mol. The molecule has 2 heterocycles. The summed E-state index contributed by atoms with van der Waals surface area (Å²) >= 11 is 9.52. The number of ether oxygens (including phenoxy) is 1. The second-order valence-electron chi connectivity index (χ2n) is 5.83. The van der Waals surface area contributed by atoms with E-state index in [2.05, 4.69) is 33.0 Å². The largest absolute Gasteiger partial charge is 0.378 e. The van der Waals surface area contributed by atoms with Crippen molar-refractivity contribution in [2.45, 2.75) is 6.61 Å². The van der Waals surface area contributed by atoms with Crippen LogP contribution in [0.4, 0.5) is 0 Å². The van der Waals surface area contributed by atoms with Crippen LogP contribution in [0.3, 0.4) is 0 Å². The Hall–Kier alpha value is -2.21. The van der Waals surface area contributed by atoms with Crippen LogP contribution < -0.4 is 0 Å². The Morgan fingerprint density at radius 1 is 1.00 bits per heavy atom. The first-order valence-electron chi connectivity index (χ1n) is 8.05. The summed E-state index contributed by atoms with van der Waals surface area (Å²) in [7, 11) is 1.67. The summed E-state index contributed by atoms with van der Waals surface area (Å²) in [5.74, 6) is 0. The first kappa shape index (κ1) is 17.2. The average molecular weight is 429 g/mol. The molecule has 2 aromatic carbocycles. The number of nitrogens with zero attached hydrogens (tertiary/aromatic N) is 3. The van der Waals surface area contributed by atoms with Gasteiger partial charge in [-0.2, -0.15) is 5.10 Å². The molecule has 0 saturated carbocycles. The quantitative estimate of drug-likeness (QED) is 0.423. The molecule has 4 nitrogen and oxygen atoms in total. The highest BCUT2D eigenvalue weighted by molar-refractivity contribution is 9.10. The molecular weight excluding hydrogens is 414 g/mol. The SMILES string of the molecule is COCc1nn2c(-c3ccc(Br)cc3)ccnc2c1-c1ccc(Cl)cc1. The predicted octanol–water partition coefficient (Wildman–Crippen LogP) is 5.63. The van der Waals surface area contributed by atoms with Crippen LogP contribution in [0.1, 0.15) is 5.69 Å². The van der Waals surface area contributed by atoms with Crippen LogP contribution in [0, 0.1) is 0 Å². The highest BCUT2D eigenvalue weighted by Crippen LogP contribution is 2.31. The fourth-order valence-electron chi connectivity index (χ4n) is 2.98. The number of methoxy groups -OCH3 is 1. The van der Waals surface area contributed by atoms with Crippen molar-refractivity contribution in [3.63, 3.8) is 0 Å². The smallest absolute Gasteiger partial charge is 0.163 e. The van der Waals surface area contributed by atoms with Gasteiger partial charge in [0.15, 0.2) is 5.65 Å². The number of halogens is 2. The second-order valence-corrected chi connectivity index (χ2v) is 7.19. The van der Waals surface area contributed by atoms with Crippen LogP contribution >= 0.6 is 27.5 Å². The summed E-state index contributed by atoms with van der Waals surface area (Å²) in [6.07, 6.45) is 1.81. The van der Waals surface area contributed by atoms with E-state index in [1.165, 1.54) is 0 Å². The summed E-state index contributed by atoms with van der Waals surface area (Å²) in [5, 5.41) is 5.48. The molecule has 0 aliphatic rings. The lowest BCUT2D eigenvalue weighted by atomic mass is 10.1. The molecule has 0 aliphatic carbocycles. The zero-order chi connectivity index (χ0) is 18.1. The van der Waals surface area contributed by atoms with Crippen molar-refractivity contribution in [3.05, 3.63) is 76.0 Å². The van der Waals surface area contributed by atoms with E-state index in [4.69, 9.17) is 21.4 Å². The number of hydrogen-bond acceptors (Lipinski definition) is 3. The number of rotatable bonds is 4. The normalized spacial score (nSPS) is 11.2. The average Bonchev–Trinajstić information content (AvgIpc) is 3.02. The Bertz CT molecular complexity index is 1060. The van der Waals surface area contributed by atoms with Crippen LogP contribution in [0.25, 0.3) is 28.0 Å². The molecule has 0 fully saturated rings. The zero-order valence-corrected chi connectivity index (χ0v) is 16.3. The fraction of sp³-hybridized carbons (Fsp3) is 0.100. The summed E-state index contributed by atoms with van der Waals surface area (Å²) < 4.78 is 8.28. The molecule has 0 radical (unpaired) electrons. The van der Waals surface area contributed by atoms with Gasteiger partial charge in [0.25, 0.3) is 0 Å². The van der Waals surface area contributed by atoms with Gasteiger partial charge in [0.2, 0.25) is 0 Å². The number of hydrogen-bond donors (Lipinski definition) is 0. The number of aromatic nitrogens is 3. The molecule has 0 N–H and O–H groups in total. The third-order valence-electron chi connectivity index (χ3n) is 4.14. The van der Waals surface area contributed by atoms with Gasteiger partial charge in [-0.1, -0.05) is 51.8 Å². The molecule has 6 heteroatoms. The van der Waals surface area contributed by atoms with Gasteiger partial charge < -0.3 is 4.74 Å². The molecule has 0 saturated heterocycles. The molecule has 26 heavy (non-hydrogen) atoms. The van der Waals surface area contributed by atoms with E-state index >= 15 is 0 Å². The molecule has 0 aliphatic heterocycles. The summed E-state index contributed by atoms with van der Waals surface area (Å²) in [4.78, 5) is 4.59. The van der Waals surface area contributed by atoms with E-state index in [1.54, 1.807) is 7.11 Å². The molecule has 2 aromatic heterocycles. The lowest BCUT2D eigenvalue weighted by Gasteiger charge is -2.05. The van der Waals surface area contributed by atoms with Crippen molar-refractivity contribution in [2.75, 3.05) is 7.11 Å². The fourth-order valence-corrected chi connectivity index (χ4v) is 3.37. The maximum Gasteiger partial charge on any atom is 0.163 e. The molecule has 4 aromatic rings. The van der Waals surface area contributed by atoms with Crippen molar-refractivity contribution in [2.24, 2.45) is 0 Å². The minimum atomic E-state index is 0.404. The van der Waals surface area contributed by atoms with Gasteiger partial charge in [-0.25, -0.2) is 9.50 Å². The molecule has 0 bridgehead atoms. The third kappa shape index (κ3) is 3.14. The number of fused-ring (bicyclic) bond motifs is 1. The van der Waals surface area contributed by atoms with E-state index in [-0.39, 0.29) is 0 Å².